The molecule has 0 saturated heterocycles. The number of amides is 1. The number of nitrogens with one attached hydrogen (secondary N) is 1. The van der Waals surface area contributed by atoms with Crippen LogP contribution in [0.25, 0.3) is 11.3 Å². The number of benzene rings is 2. The van der Waals surface area contributed by atoms with Crippen molar-refractivity contribution < 1.29 is 27.3 Å². The van der Waals surface area contributed by atoms with Crippen molar-refractivity contribution in [3.63, 3.8) is 0 Å². The highest BCUT2D eigenvalue weighted by molar-refractivity contribution is 6.30. The first kappa shape index (κ1) is 19.4. The van der Waals surface area contributed by atoms with Gasteiger partial charge in [0.2, 0.25) is 5.76 Å². The van der Waals surface area contributed by atoms with E-state index in [1.54, 1.807) is 0 Å². The van der Waals surface area contributed by atoms with Crippen molar-refractivity contribution in [3.8, 4) is 11.3 Å². The minimum atomic E-state index is -4.90. The normalized spacial score (nSPS) is 11.3. The van der Waals surface area contributed by atoms with E-state index in [2.05, 4.69) is 5.32 Å². The number of carbonyl (C=O) groups excluding carboxylic acids is 1. The quantitative estimate of drug-likeness (QED) is 0.436. The lowest BCUT2D eigenvalue weighted by Gasteiger charge is -2.07. The molecule has 0 aliphatic heterocycles. The standard InChI is InChI=1S/C18H10ClF3N2O4/c19-11-3-1-10(2-4-11)15-9-14(16(28-15)18(20,21)22)17(25)23-12-5-7-13(8-6-12)24(26)27/h1-9H,(H,23,25). The molecule has 0 spiro atoms. The number of alkyl halides is 3. The van der Waals surface area contributed by atoms with Crippen LogP contribution in [0.2, 0.25) is 5.02 Å². The summed E-state index contributed by atoms with van der Waals surface area (Å²) in [6, 6.07) is 11.5. The van der Waals surface area contributed by atoms with Gasteiger partial charge in [0.05, 0.1) is 10.5 Å². The second-order valence-corrected chi connectivity index (χ2v) is 6.05. The van der Waals surface area contributed by atoms with E-state index in [9.17, 15) is 28.1 Å². The average Bonchev–Trinajstić information content (AvgIpc) is 3.09. The van der Waals surface area contributed by atoms with Crippen molar-refractivity contribution in [2.45, 2.75) is 6.18 Å². The van der Waals surface area contributed by atoms with Crippen molar-refractivity contribution in [3.05, 3.63) is 81.1 Å². The molecule has 2 aromatic carbocycles. The molecule has 144 valence electrons. The Labute approximate surface area is 160 Å². The van der Waals surface area contributed by atoms with Crippen molar-refractivity contribution in [1.29, 1.82) is 0 Å². The van der Waals surface area contributed by atoms with Gasteiger partial charge in [0.15, 0.2) is 0 Å². The van der Waals surface area contributed by atoms with Crippen LogP contribution in [-0.2, 0) is 6.18 Å². The molecular formula is C18H10ClF3N2O4. The van der Waals surface area contributed by atoms with Gasteiger partial charge in [-0.25, -0.2) is 0 Å². The lowest BCUT2D eigenvalue weighted by atomic mass is 10.1. The van der Waals surface area contributed by atoms with Crippen LogP contribution in [-0.4, -0.2) is 10.8 Å². The van der Waals surface area contributed by atoms with Gasteiger partial charge in [0, 0.05) is 28.4 Å². The molecule has 6 nitrogen and oxygen atoms in total. The summed E-state index contributed by atoms with van der Waals surface area (Å²) >= 11 is 5.76. The van der Waals surface area contributed by atoms with E-state index in [1.807, 2.05) is 0 Å². The molecule has 0 unspecified atom stereocenters. The highest BCUT2D eigenvalue weighted by Crippen LogP contribution is 2.37. The Morgan fingerprint density at radius 2 is 1.68 bits per heavy atom. The van der Waals surface area contributed by atoms with Crippen LogP contribution in [0.5, 0.6) is 0 Å². The van der Waals surface area contributed by atoms with E-state index in [0.717, 1.165) is 18.2 Å². The molecule has 0 bridgehead atoms. The highest BCUT2D eigenvalue weighted by atomic mass is 35.5. The maximum absolute atomic E-state index is 13.3. The molecule has 10 heteroatoms. The van der Waals surface area contributed by atoms with E-state index < -0.39 is 28.3 Å². The number of non-ortho nitro benzene ring substituents is 1. The fourth-order valence-electron chi connectivity index (χ4n) is 2.39. The van der Waals surface area contributed by atoms with E-state index in [1.165, 1.54) is 36.4 Å². The average molecular weight is 411 g/mol. The third kappa shape index (κ3) is 4.15. The molecule has 0 saturated carbocycles. The van der Waals surface area contributed by atoms with Gasteiger partial charge in [-0.15, -0.1) is 0 Å². The first-order valence-electron chi connectivity index (χ1n) is 7.68. The van der Waals surface area contributed by atoms with E-state index in [4.69, 9.17) is 16.0 Å². The lowest BCUT2D eigenvalue weighted by Crippen LogP contribution is -2.16. The summed E-state index contributed by atoms with van der Waals surface area (Å²) < 4.78 is 44.8. The van der Waals surface area contributed by atoms with Crippen LogP contribution in [0.3, 0.4) is 0 Å². The minimum Gasteiger partial charge on any atom is -0.451 e. The second kappa shape index (κ2) is 7.35. The topological polar surface area (TPSA) is 85.4 Å². The smallest absolute Gasteiger partial charge is 0.450 e. The minimum absolute atomic E-state index is 0.0953. The van der Waals surface area contributed by atoms with Gasteiger partial charge in [-0.3, -0.25) is 14.9 Å². The molecule has 3 aromatic rings. The second-order valence-electron chi connectivity index (χ2n) is 5.62. The Balaban J connectivity index is 1.93. The van der Waals surface area contributed by atoms with Crippen molar-refractivity contribution in [2.75, 3.05) is 5.32 Å². The molecule has 1 aromatic heterocycles. The van der Waals surface area contributed by atoms with Gasteiger partial charge in [-0.2, -0.15) is 13.2 Å². The molecular weight excluding hydrogens is 401 g/mol. The highest BCUT2D eigenvalue weighted by Gasteiger charge is 2.40. The van der Waals surface area contributed by atoms with E-state index in [0.29, 0.717) is 10.6 Å². The van der Waals surface area contributed by atoms with E-state index in [-0.39, 0.29) is 17.1 Å². The molecule has 1 N–H and O–H groups in total. The summed E-state index contributed by atoms with van der Waals surface area (Å²) in [6.45, 7) is 0. The first-order chi connectivity index (χ1) is 13.1. The predicted molar refractivity (Wildman–Crippen MR) is 95.2 cm³/mol. The molecule has 0 atom stereocenters. The number of carbonyl (C=O) groups is 1. The fraction of sp³-hybridized carbons (Fsp3) is 0.0556. The molecule has 0 radical (unpaired) electrons. The number of anilines is 1. The summed E-state index contributed by atoms with van der Waals surface area (Å²) in [6.07, 6.45) is -4.90. The summed E-state index contributed by atoms with van der Waals surface area (Å²) in [5.74, 6) is -2.67. The predicted octanol–water partition coefficient (Wildman–Crippen LogP) is 5.78. The maximum atomic E-state index is 13.3. The number of hydrogen-bond acceptors (Lipinski definition) is 4. The fourth-order valence-corrected chi connectivity index (χ4v) is 2.52. The number of hydrogen-bond donors (Lipinski definition) is 1. The van der Waals surface area contributed by atoms with Crippen molar-refractivity contribution in [1.82, 2.24) is 0 Å². The molecule has 1 amide bonds. The Hall–Kier alpha value is -3.33. The number of nitrogens with zero attached hydrogens (tertiary/aromatic N) is 1. The number of furan rings is 1. The third-order valence-corrected chi connectivity index (χ3v) is 3.95. The number of nitro benzene ring substituents is 1. The Morgan fingerprint density at radius 1 is 1.07 bits per heavy atom. The van der Waals surface area contributed by atoms with Gasteiger partial charge in [0.25, 0.3) is 11.6 Å². The summed E-state index contributed by atoms with van der Waals surface area (Å²) in [4.78, 5) is 22.4. The third-order valence-electron chi connectivity index (χ3n) is 3.70. The molecule has 28 heavy (non-hydrogen) atoms. The van der Waals surface area contributed by atoms with Crippen molar-refractivity contribution >= 4 is 28.9 Å². The molecule has 3 rings (SSSR count). The molecule has 0 aliphatic carbocycles. The van der Waals surface area contributed by atoms with Gasteiger partial charge in [0.1, 0.15) is 5.76 Å². The summed E-state index contributed by atoms with van der Waals surface area (Å²) in [5.41, 5.74) is -0.527. The van der Waals surface area contributed by atoms with Crippen LogP contribution in [0, 0.1) is 10.1 Å². The van der Waals surface area contributed by atoms with Gasteiger partial charge in [-0.1, -0.05) is 11.6 Å². The molecule has 1 heterocycles. The Bertz CT molecular complexity index is 1030. The Morgan fingerprint density at radius 3 is 2.21 bits per heavy atom. The molecule has 0 aliphatic rings. The first-order valence-corrected chi connectivity index (χ1v) is 8.06. The largest absolute Gasteiger partial charge is 0.451 e. The summed E-state index contributed by atoms with van der Waals surface area (Å²) in [5, 5.41) is 13.3. The van der Waals surface area contributed by atoms with E-state index >= 15 is 0 Å². The number of nitro groups is 1. The van der Waals surface area contributed by atoms with Gasteiger partial charge in [-0.05, 0) is 42.5 Å². The van der Waals surface area contributed by atoms with Crippen LogP contribution in [0.1, 0.15) is 16.1 Å². The summed E-state index contributed by atoms with van der Waals surface area (Å²) in [7, 11) is 0. The zero-order chi connectivity index (χ0) is 20.5. The Kier molecular flexibility index (Phi) is 5.10. The molecule has 0 fully saturated rings. The van der Waals surface area contributed by atoms with Crippen LogP contribution < -0.4 is 5.32 Å². The van der Waals surface area contributed by atoms with Crippen molar-refractivity contribution in [2.24, 2.45) is 0 Å². The van der Waals surface area contributed by atoms with Crippen LogP contribution >= 0.6 is 11.6 Å². The zero-order valence-corrected chi connectivity index (χ0v) is 14.5. The SMILES string of the molecule is O=C(Nc1ccc([N+](=O)[O-])cc1)c1cc(-c2ccc(Cl)cc2)oc1C(F)(F)F. The van der Waals surface area contributed by atoms with Gasteiger partial charge < -0.3 is 9.73 Å². The lowest BCUT2D eigenvalue weighted by molar-refractivity contribution is -0.384. The zero-order valence-electron chi connectivity index (χ0n) is 13.8. The monoisotopic (exact) mass is 410 g/mol. The number of halogens is 4. The van der Waals surface area contributed by atoms with Gasteiger partial charge >= 0.3 is 6.18 Å². The number of rotatable bonds is 4. The van der Waals surface area contributed by atoms with Crippen LogP contribution in [0.15, 0.2) is 59.0 Å². The van der Waals surface area contributed by atoms with Crippen LogP contribution in [0.4, 0.5) is 24.5 Å². The maximum Gasteiger partial charge on any atom is 0.450 e.